The van der Waals surface area contributed by atoms with Gasteiger partial charge in [0.1, 0.15) is 5.01 Å². The van der Waals surface area contributed by atoms with E-state index in [0.29, 0.717) is 13.0 Å². The summed E-state index contributed by atoms with van der Waals surface area (Å²) in [6, 6.07) is 12.5. The zero-order chi connectivity index (χ0) is 18.3. The van der Waals surface area contributed by atoms with E-state index in [1.54, 1.807) is 0 Å². The summed E-state index contributed by atoms with van der Waals surface area (Å²) in [5.41, 5.74) is 0.736. The van der Waals surface area contributed by atoms with Crippen molar-refractivity contribution >= 4 is 37.3 Å². The lowest BCUT2D eigenvalue weighted by atomic mass is 10.2. The topological polar surface area (TPSA) is 93.4 Å². The van der Waals surface area contributed by atoms with Gasteiger partial charge in [-0.2, -0.15) is 4.31 Å². The molecule has 1 saturated heterocycles. The van der Waals surface area contributed by atoms with Crippen LogP contribution in [0.5, 0.6) is 0 Å². The van der Waals surface area contributed by atoms with Gasteiger partial charge in [-0.25, -0.2) is 13.4 Å². The lowest BCUT2D eigenvalue weighted by Crippen LogP contribution is -2.30. The predicted octanol–water partition coefficient (Wildman–Crippen LogP) is 3.73. The van der Waals surface area contributed by atoms with Gasteiger partial charge in [0.25, 0.3) is 5.69 Å². The summed E-state index contributed by atoms with van der Waals surface area (Å²) < 4.78 is 28.6. The number of nitrogens with zero attached hydrogens (tertiary/aromatic N) is 3. The summed E-state index contributed by atoms with van der Waals surface area (Å²) in [5, 5.41) is 11.6. The van der Waals surface area contributed by atoms with E-state index in [-0.39, 0.29) is 16.6 Å². The minimum absolute atomic E-state index is 0.0658. The minimum atomic E-state index is -3.74. The molecule has 1 unspecified atom stereocenters. The molecule has 3 aromatic rings. The Kier molecular flexibility index (Phi) is 4.22. The Bertz CT molecular complexity index is 1040. The normalized spacial score (nSPS) is 18.4. The molecule has 4 rings (SSSR count). The molecule has 1 fully saturated rings. The van der Waals surface area contributed by atoms with Gasteiger partial charge in [-0.3, -0.25) is 10.1 Å². The number of nitro benzene ring substituents is 1. The Labute approximate surface area is 154 Å². The molecule has 134 valence electrons. The fourth-order valence-corrected chi connectivity index (χ4v) is 6.02. The van der Waals surface area contributed by atoms with Gasteiger partial charge in [0.2, 0.25) is 10.0 Å². The van der Waals surface area contributed by atoms with E-state index in [9.17, 15) is 18.5 Å². The van der Waals surface area contributed by atoms with Crippen LogP contribution in [0.3, 0.4) is 0 Å². The molecule has 1 aromatic heterocycles. The summed E-state index contributed by atoms with van der Waals surface area (Å²) in [6.45, 7) is 0.417. The summed E-state index contributed by atoms with van der Waals surface area (Å²) >= 11 is 1.51. The summed E-state index contributed by atoms with van der Waals surface area (Å²) in [4.78, 5) is 14.9. The van der Waals surface area contributed by atoms with Crippen LogP contribution in [0.1, 0.15) is 23.9 Å². The molecule has 9 heteroatoms. The number of fused-ring (bicyclic) bond motifs is 1. The highest BCUT2D eigenvalue weighted by Crippen LogP contribution is 2.39. The van der Waals surface area contributed by atoms with E-state index in [4.69, 9.17) is 0 Å². The highest BCUT2D eigenvalue weighted by atomic mass is 32.2. The van der Waals surface area contributed by atoms with Crippen LogP contribution >= 0.6 is 11.3 Å². The van der Waals surface area contributed by atoms with Gasteiger partial charge in [-0.05, 0) is 37.1 Å². The highest BCUT2D eigenvalue weighted by molar-refractivity contribution is 7.89. The Morgan fingerprint density at radius 1 is 1.15 bits per heavy atom. The molecule has 0 spiro atoms. The summed E-state index contributed by atoms with van der Waals surface area (Å²) in [7, 11) is -3.74. The number of benzene rings is 2. The van der Waals surface area contributed by atoms with E-state index >= 15 is 0 Å². The van der Waals surface area contributed by atoms with Crippen LogP contribution in [0.15, 0.2) is 53.4 Å². The number of hydrogen-bond donors (Lipinski definition) is 0. The van der Waals surface area contributed by atoms with Crippen LogP contribution in [0.2, 0.25) is 0 Å². The predicted molar refractivity (Wildman–Crippen MR) is 98.6 cm³/mol. The quantitative estimate of drug-likeness (QED) is 0.501. The van der Waals surface area contributed by atoms with Gasteiger partial charge in [-0.1, -0.05) is 12.1 Å². The van der Waals surface area contributed by atoms with Crippen molar-refractivity contribution in [1.82, 2.24) is 9.29 Å². The van der Waals surface area contributed by atoms with Crippen molar-refractivity contribution in [3.8, 4) is 0 Å². The molecule has 0 bridgehead atoms. The van der Waals surface area contributed by atoms with E-state index in [0.717, 1.165) is 21.6 Å². The van der Waals surface area contributed by atoms with Crippen molar-refractivity contribution in [3.63, 3.8) is 0 Å². The number of nitro groups is 1. The Morgan fingerprint density at radius 2 is 1.88 bits per heavy atom. The average Bonchev–Trinajstić information content (AvgIpc) is 3.28. The second kappa shape index (κ2) is 6.42. The number of hydrogen-bond acceptors (Lipinski definition) is 6. The number of rotatable bonds is 4. The number of sulfonamides is 1. The van der Waals surface area contributed by atoms with Gasteiger partial charge in [0.05, 0.1) is 26.1 Å². The van der Waals surface area contributed by atoms with Crippen LogP contribution in [0.25, 0.3) is 10.2 Å². The van der Waals surface area contributed by atoms with E-state index in [1.165, 1.54) is 39.9 Å². The minimum Gasteiger partial charge on any atom is -0.258 e. The molecule has 0 aliphatic carbocycles. The molecule has 7 nitrogen and oxygen atoms in total. The molecule has 1 atom stereocenters. The summed E-state index contributed by atoms with van der Waals surface area (Å²) in [6.07, 6.45) is 1.47. The van der Waals surface area contributed by atoms with Crippen molar-refractivity contribution in [2.24, 2.45) is 0 Å². The van der Waals surface area contributed by atoms with Crippen molar-refractivity contribution < 1.29 is 13.3 Å². The Hall–Kier alpha value is -2.36. The van der Waals surface area contributed by atoms with E-state index in [2.05, 4.69) is 4.98 Å². The fraction of sp³-hybridized carbons (Fsp3) is 0.235. The molecule has 1 aliphatic heterocycles. The van der Waals surface area contributed by atoms with Crippen LogP contribution in [-0.2, 0) is 10.0 Å². The SMILES string of the molecule is O=[N+]([O-])c1ccc(S(=O)(=O)N2CCCC2c2nc3ccccc3s2)cc1. The lowest BCUT2D eigenvalue weighted by Gasteiger charge is -2.22. The zero-order valence-corrected chi connectivity index (χ0v) is 15.2. The van der Waals surface area contributed by atoms with Gasteiger partial charge < -0.3 is 0 Å². The third-order valence-corrected chi connectivity index (χ3v) is 7.51. The lowest BCUT2D eigenvalue weighted by molar-refractivity contribution is -0.384. The molecule has 0 radical (unpaired) electrons. The van der Waals surface area contributed by atoms with Gasteiger partial charge in [-0.15, -0.1) is 11.3 Å². The summed E-state index contributed by atoms with van der Waals surface area (Å²) in [5.74, 6) is 0. The maximum Gasteiger partial charge on any atom is 0.269 e. The molecule has 2 aromatic carbocycles. The molecule has 0 saturated carbocycles. The molecule has 0 amide bonds. The van der Waals surface area contributed by atoms with E-state index < -0.39 is 14.9 Å². The third kappa shape index (κ3) is 2.87. The van der Waals surface area contributed by atoms with Crippen LogP contribution in [0, 0.1) is 10.1 Å². The second-order valence-corrected chi connectivity index (χ2v) is 9.00. The maximum atomic E-state index is 13.0. The maximum absolute atomic E-state index is 13.0. The van der Waals surface area contributed by atoms with Gasteiger partial charge in [0, 0.05) is 18.7 Å². The first kappa shape index (κ1) is 17.1. The zero-order valence-electron chi connectivity index (χ0n) is 13.6. The smallest absolute Gasteiger partial charge is 0.258 e. The molecular formula is C17H15N3O4S2. The molecule has 26 heavy (non-hydrogen) atoms. The highest BCUT2D eigenvalue weighted by Gasteiger charge is 2.38. The van der Waals surface area contributed by atoms with Crippen LogP contribution < -0.4 is 0 Å². The standard InChI is InChI=1S/C17H15N3O4S2/c21-20(22)12-7-9-13(10-8-12)26(23,24)19-11-3-5-15(19)17-18-14-4-1-2-6-16(14)25-17/h1-2,4,6-10,15H,3,5,11H2. The van der Waals surface area contributed by atoms with Crippen molar-refractivity contribution in [2.45, 2.75) is 23.8 Å². The first-order valence-corrected chi connectivity index (χ1v) is 10.3. The van der Waals surface area contributed by atoms with Crippen molar-refractivity contribution in [1.29, 1.82) is 0 Å². The van der Waals surface area contributed by atoms with E-state index in [1.807, 2.05) is 24.3 Å². The second-order valence-electron chi connectivity index (χ2n) is 6.04. The number of para-hydroxylation sites is 1. The monoisotopic (exact) mass is 389 g/mol. The van der Waals surface area contributed by atoms with Gasteiger partial charge in [0.15, 0.2) is 0 Å². The fourth-order valence-electron chi connectivity index (χ4n) is 3.18. The molecule has 1 aliphatic rings. The average molecular weight is 389 g/mol. The third-order valence-electron chi connectivity index (χ3n) is 4.45. The first-order valence-electron chi connectivity index (χ1n) is 8.08. The Balaban J connectivity index is 1.69. The Morgan fingerprint density at radius 3 is 2.58 bits per heavy atom. The molecule has 0 N–H and O–H groups in total. The molecule has 2 heterocycles. The molecular weight excluding hydrogens is 374 g/mol. The number of aromatic nitrogens is 1. The first-order chi connectivity index (χ1) is 12.5. The van der Waals surface area contributed by atoms with Crippen LogP contribution in [0.4, 0.5) is 5.69 Å². The number of thiazole rings is 1. The number of non-ortho nitro benzene ring substituents is 1. The largest absolute Gasteiger partial charge is 0.269 e. The van der Waals surface area contributed by atoms with Gasteiger partial charge >= 0.3 is 0 Å². The van der Waals surface area contributed by atoms with Crippen molar-refractivity contribution in [2.75, 3.05) is 6.54 Å². The van der Waals surface area contributed by atoms with Crippen LogP contribution in [-0.4, -0.2) is 29.2 Å². The van der Waals surface area contributed by atoms with Crippen molar-refractivity contribution in [3.05, 3.63) is 63.7 Å².